The van der Waals surface area contributed by atoms with Crippen molar-refractivity contribution in [3.63, 3.8) is 0 Å². The third-order valence-electron chi connectivity index (χ3n) is 4.25. The van der Waals surface area contributed by atoms with Crippen LogP contribution in [0.3, 0.4) is 0 Å². The van der Waals surface area contributed by atoms with E-state index in [-0.39, 0.29) is 11.0 Å². The Morgan fingerprint density at radius 3 is 2.62 bits per heavy atom. The van der Waals surface area contributed by atoms with Crippen LogP contribution < -0.4 is 5.32 Å². The Hall–Kier alpha value is -1.82. The first-order valence-corrected chi connectivity index (χ1v) is 9.19. The van der Waals surface area contributed by atoms with Crippen molar-refractivity contribution in [1.29, 1.82) is 0 Å². The molecule has 0 saturated heterocycles. The van der Waals surface area contributed by atoms with E-state index in [4.69, 9.17) is 0 Å². The molecule has 5 nitrogen and oxygen atoms in total. The minimum atomic E-state index is -1.00. The van der Waals surface area contributed by atoms with Crippen LogP contribution in [0.25, 0.3) is 0 Å². The van der Waals surface area contributed by atoms with Gasteiger partial charge in [-0.1, -0.05) is 42.4 Å². The molecular weight excluding hydrogens is 326 g/mol. The molecule has 0 bridgehead atoms. The molecule has 0 spiro atoms. The molecule has 0 radical (unpaired) electrons. The quantitative estimate of drug-likeness (QED) is 0.875. The number of hydrogen-bond donors (Lipinski definition) is 2. The average Bonchev–Trinajstić information content (AvgIpc) is 2.56. The number of carbonyl (C=O) groups excluding carboxylic acids is 2. The van der Waals surface area contributed by atoms with E-state index in [0.717, 1.165) is 36.6 Å². The van der Waals surface area contributed by atoms with Crippen LogP contribution in [0.15, 0.2) is 24.3 Å². The van der Waals surface area contributed by atoms with Gasteiger partial charge in [-0.15, -0.1) is 0 Å². The zero-order chi connectivity index (χ0) is 17.5. The number of aryl methyl sites for hydroxylation is 1. The summed E-state index contributed by atoms with van der Waals surface area (Å²) in [5, 5.41) is 11.9. The summed E-state index contributed by atoms with van der Waals surface area (Å²) >= 11 is 1.11. The van der Waals surface area contributed by atoms with Crippen molar-refractivity contribution in [1.82, 2.24) is 5.32 Å². The SMILES string of the molecule is CC(=O)SCC1Cc2ccccc2CCCC[C@@H](C(=O)O)NC1=O. The van der Waals surface area contributed by atoms with Gasteiger partial charge in [0.15, 0.2) is 5.12 Å². The number of benzene rings is 1. The Bertz CT molecular complexity index is 617. The number of rotatable bonds is 3. The lowest BCUT2D eigenvalue weighted by atomic mass is 9.94. The van der Waals surface area contributed by atoms with Crippen molar-refractivity contribution < 1.29 is 19.5 Å². The van der Waals surface area contributed by atoms with Crippen LogP contribution in [0, 0.1) is 5.92 Å². The van der Waals surface area contributed by atoms with Crippen LogP contribution in [0.5, 0.6) is 0 Å². The lowest BCUT2D eigenvalue weighted by Crippen LogP contribution is -2.44. The molecule has 1 aliphatic rings. The van der Waals surface area contributed by atoms with Crippen LogP contribution in [-0.4, -0.2) is 33.9 Å². The summed E-state index contributed by atoms with van der Waals surface area (Å²) in [6, 6.07) is 7.16. The van der Waals surface area contributed by atoms with E-state index in [1.165, 1.54) is 12.5 Å². The largest absolute Gasteiger partial charge is 0.480 e. The van der Waals surface area contributed by atoms with Crippen molar-refractivity contribution in [3.05, 3.63) is 35.4 Å². The van der Waals surface area contributed by atoms with Gasteiger partial charge in [-0.25, -0.2) is 4.79 Å². The molecule has 1 aliphatic heterocycles. The van der Waals surface area contributed by atoms with Gasteiger partial charge in [-0.3, -0.25) is 9.59 Å². The van der Waals surface area contributed by atoms with Crippen LogP contribution in [0.2, 0.25) is 0 Å². The summed E-state index contributed by atoms with van der Waals surface area (Å²) in [6.07, 6.45) is 3.47. The summed E-state index contributed by atoms with van der Waals surface area (Å²) in [6.45, 7) is 1.47. The molecule has 0 fully saturated rings. The number of amides is 1. The minimum absolute atomic E-state index is 0.0415. The predicted molar refractivity (Wildman–Crippen MR) is 93.9 cm³/mol. The van der Waals surface area contributed by atoms with E-state index >= 15 is 0 Å². The maximum Gasteiger partial charge on any atom is 0.326 e. The van der Waals surface area contributed by atoms with Gasteiger partial charge in [0.1, 0.15) is 6.04 Å². The van der Waals surface area contributed by atoms with E-state index in [1.807, 2.05) is 18.2 Å². The highest BCUT2D eigenvalue weighted by Crippen LogP contribution is 2.22. The molecule has 0 aromatic heterocycles. The first-order chi connectivity index (χ1) is 11.5. The number of carboxylic acids is 1. The van der Waals surface area contributed by atoms with E-state index in [0.29, 0.717) is 18.6 Å². The zero-order valence-electron chi connectivity index (χ0n) is 13.8. The summed E-state index contributed by atoms with van der Waals surface area (Å²) in [4.78, 5) is 35.2. The standard InChI is InChI=1S/C18H23NO4S/c1-12(20)24-11-15-10-14-8-3-2-6-13(14)7-4-5-9-16(18(22)23)19-17(15)21/h2-3,6,8,15-16H,4-5,7,9-11H2,1H3,(H,19,21)(H,22,23)/t15?,16-/m0/s1. The fourth-order valence-electron chi connectivity index (χ4n) is 2.92. The number of carbonyl (C=O) groups is 3. The highest BCUT2D eigenvalue weighted by molar-refractivity contribution is 8.13. The van der Waals surface area contributed by atoms with Gasteiger partial charge < -0.3 is 10.4 Å². The minimum Gasteiger partial charge on any atom is -0.480 e. The van der Waals surface area contributed by atoms with Crippen molar-refractivity contribution in [2.45, 2.75) is 45.1 Å². The fourth-order valence-corrected chi connectivity index (χ4v) is 3.63. The molecule has 2 atom stereocenters. The number of nitrogens with one attached hydrogen (secondary N) is 1. The van der Waals surface area contributed by atoms with Gasteiger partial charge in [0.05, 0.1) is 5.92 Å². The van der Waals surface area contributed by atoms with Crippen molar-refractivity contribution in [2.24, 2.45) is 5.92 Å². The highest BCUT2D eigenvalue weighted by Gasteiger charge is 2.27. The maximum absolute atomic E-state index is 12.6. The fraction of sp³-hybridized carbons (Fsp3) is 0.500. The summed E-state index contributed by atoms with van der Waals surface area (Å²) in [7, 11) is 0. The lowest BCUT2D eigenvalue weighted by Gasteiger charge is -2.20. The number of thioether (sulfide) groups is 1. The maximum atomic E-state index is 12.6. The van der Waals surface area contributed by atoms with Crippen LogP contribution in [0.1, 0.15) is 37.3 Å². The third-order valence-corrected chi connectivity index (χ3v) is 5.22. The van der Waals surface area contributed by atoms with E-state index < -0.39 is 17.9 Å². The Morgan fingerprint density at radius 2 is 1.96 bits per heavy atom. The van der Waals surface area contributed by atoms with Gasteiger partial charge >= 0.3 is 5.97 Å². The predicted octanol–water partition coefficient (Wildman–Crippen LogP) is 2.42. The molecule has 1 heterocycles. The molecule has 1 aromatic carbocycles. The first-order valence-electron chi connectivity index (χ1n) is 8.20. The topological polar surface area (TPSA) is 83.5 Å². The number of carboxylic acid groups (broad SMARTS) is 1. The Morgan fingerprint density at radius 1 is 1.25 bits per heavy atom. The van der Waals surface area contributed by atoms with Crippen LogP contribution >= 0.6 is 11.8 Å². The molecule has 130 valence electrons. The number of hydrogen-bond acceptors (Lipinski definition) is 4. The summed E-state index contributed by atoms with van der Waals surface area (Å²) in [5.41, 5.74) is 2.31. The van der Waals surface area contributed by atoms with E-state index in [2.05, 4.69) is 11.4 Å². The highest BCUT2D eigenvalue weighted by atomic mass is 32.2. The van der Waals surface area contributed by atoms with Gasteiger partial charge in [0.2, 0.25) is 5.91 Å². The van der Waals surface area contributed by atoms with Gasteiger partial charge in [-0.2, -0.15) is 0 Å². The molecule has 24 heavy (non-hydrogen) atoms. The molecule has 6 heteroatoms. The molecule has 1 amide bonds. The Kier molecular flexibility index (Phi) is 6.85. The summed E-state index contributed by atoms with van der Waals surface area (Å²) < 4.78 is 0. The molecule has 0 aliphatic carbocycles. The normalized spacial score (nSPS) is 22.0. The number of fused-ring (bicyclic) bond motifs is 1. The second-order valence-corrected chi connectivity index (χ2v) is 7.31. The third kappa shape index (κ3) is 5.37. The lowest BCUT2D eigenvalue weighted by molar-refractivity contribution is -0.142. The van der Waals surface area contributed by atoms with Gasteiger partial charge in [0, 0.05) is 12.7 Å². The molecule has 0 saturated carbocycles. The Labute approximate surface area is 146 Å². The van der Waals surface area contributed by atoms with Crippen molar-refractivity contribution in [3.8, 4) is 0 Å². The average molecular weight is 349 g/mol. The Balaban J connectivity index is 2.25. The molecule has 2 rings (SSSR count). The van der Waals surface area contributed by atoms with Gasteiger partial charge in [-0.05, 0) is 36.8 Å². The summed E-state index contributed by atoms with van der Waals surface area (Å²) in [5.74, 6) is -1.34. The van der Waals surface area contributed by atoms with Crippen molar-refractivity contribution in [2.75, 3.05) is 5.75 Å². The molecule has 1 unspecified atom stereocenters. The first kappa shape index (κ1) is 18.5. The second kappa shape index (κ2) is 8.87. The molecular formula is C18H23NO4S. The van der Waals surface area contributed by atoms with Crippen molar-refractivity contribution >= 4 is 28.8 Å². The smallest absolute Gasteiger partial charge is 0.326 e. The van der Waals surface area contributed by atoms with Crippen LogP contribution in [0.4, 0.5) is 0 Å². The second-order valence-electron chi connectivity index (χ2n) is 6.12. The van der Waals surface area contributed by atoms with E-state index in [1.54, 1.807) is 0 Å². The van der Waals surface area contributed by atoms with Crippen LogP contribution in [-0.2, 0) is 27.2 Å². The monoisotopic (exact) mass is 349 g/mol. The molecule has 1 aromatic rings. The number of aliphatic carboxylic acids is 1. The molecule has 2 N–H and O–H groups in total. The van der Waals surface area contributed by atoms with Gasteiger partial charge in [0.25, 0.3) is 0 Å². The zero-order valence-corrected chi connectivity index (χ0v) is 14.6. The van der Waals surface area contributed by atoms with E-state index in [9.17, 15) is 19.5 Å².